The minimum absolute atomic E-state index is 2.20. The van der Waals surface area contributed by atoms with Crippen LogP contribution in [0.25, 0.3) is 0 Å². The van der Waals surface area contributed by atoms with Crippen molar-refractivity contribution in [2.75, 3.05) is 0 Å². The second kappa shape index (κ2) is 2.95. The van der Waals surface area contributed by atoms with Gasteiger partial charge in [0.15, 0.2) is 0 Å². The van der Waals surface area contributed by atoms with Crippen LogP contribution in [-0.4, -0.2) is 6.54 Å². The van der Waals surface area contributed by atoms with Gasteiger partial charge in [-0.25, -0.2) is 0 Å². The number of hydrogen-bond acceptors (Lipinski definition) is 2. The van der Waals surface area contributed by atoms with E-state index in [4.69, 9.17) is 5.26 Å². The van der Waals surface area contributed by atoms with Gasteiger partial charge in [0.1, 0.15) is 0 Å². The molecule has 6 heavy (non-hydrogen) atoms. The molecule has 3 nitrogen and oxygen atoms in total. The molecule has 1 radical (unpaired) electrons. The van der Waals surface area contributed by atoms with Gasteiger partial charge in [-0.05, 0) is 9.78 Å². The summed E-state index contributed by atoms with van der Waals surface area (Å²) in [7, 11) is 0. The summed E-state index contributed by atoms with van der Waals surface area (Å²) in [5.74, 6) is 0. The molecule has 0 aliphatic rings. The second-order valence-corrected chi connectivity index (χ2v) is 0.460. The molecule has 0 amide bonds. The third-order valence-electron chi connectivity index (χ3n) is 0.146. The lowest BCUT2D eigenvalue weighted by Crippen LogP contribution is -2.00. The van der Waals surface area contributed by atoms with E-state index in [1.54, 1.807) is 0 Å². The maximum absolute atomic E-state index is 10.7. The van der Waals surface area contributed by atoms with E-state index in [1.807, 2.05) is 0 Å². The lowest BCUT2D eigenvalue weighted by Gasteiger charge is -1.88. The molecule has 0 heterocycles. The quantitative estimate of drug-likeness (QED) is 0.287. The molecule has 0 aromatic heterocycles. The van der Waals surface area contributed by atoms with Gasteiger partial charge in [0.05, 0.1) is 0 Å². The Kier molecular flexibility index (Phi) is 2.82. The van der Waals surface area contributed by atoms with Crippen LogP contribution in [0.1, 0.15) is 0 Å². The lowest BCUT2D eigenvalue weighted by atomic mass is 11.4. The summed E-state index contributed by atoms with van der Waals surface area (Å²) in [5, 5.41) is 8.62. The van der Waals surface area contributed by atoms with Crippen molar-refractivity contribution in [1.82, 2.24) is 0 Å². The van der Waals surface area contributed by atoms with Crippen molar-refractivity contribution in [2.45, 2.75) is 6.54 Å². The Morgan fingerprint density at radius 3 is 2.17 bits per heavy atom. The van der Waals surface area contributed by atoms with E-state index in [0.29, 0.717) is 0 Å². The van der Waals surface area contributed by atoms with Crippen molar-refractivity contribution in [3.63, 3.8) is 0 Å². The fourth-order valence-corrected chi connectivity index (χ4v) is 0.0148. The van der Waals surface area contributed by atoms with E-state index < -0.39 is 6.54 Å². The normalized spacial score (nSPS) is 14.5. The molecule has 0 rings (SSSR count). The van der Waals surface area contributed by atoms with Gasteiger partial charge >= 0.3 is 6.54 Å². The van der Waals surface area contributed by atoms with Crippen molar-refractivity contribution < 1.29 is 24.0 Å². The van der Waals surface area contributed by atoms with E-state index in [-0.39, 0.29) is 0 Å². The van der Waals surface area contributed by atoms with Crippen LogP contribution in [0.15, 0.2) is 0 Å². The van der Waals surface area contributed by atoms with Crippen molar-refractivity contribution in [2.24, 2.45) is 0 Å². The first-order chi connectivity index (χ1) is 2.81. The van der Waals surface area contributed by atoms with Crippen LogP contribution in [0.3, 0.4) is 0 Å². The molecule has 0 N–H and O–H groups in total. The third kappa shape index (κ3) is 2.01. The summed E-state index contributed by atoms with van der Waals surface area (Å²) in [6.45, 7) is -2.79. The zero-order valence-corrected chi connectivity index (χ0v) is 2.56. The highest BCUT2D eigenvalue weighted by atomic mass is 19.3. The van der Waals surface area contributed by atoms with Crippen LogP contribution in [0.4, 0.5) is 8.92 Å². The van der Waals surface area contributed by atoms with E-state index in [2.05, 4.69) is 9.83 Å². The maximum Gasteiger partial charge on any atom is 0.371 e. The predicted octanol–water partition coefficient (Wildman–Crippen LogP) is 0.503. The van der Waals surface area contributed by atoms with Gasteiger partial charge in [-0.2, -0.15) is 4.39 Å². The van der Waals surface area contributed by atoms with Crippen molar-refractivity contribution in [3.8, 4) is 0 Å². The third-order valence-corrected chi connectivity index (χ3v) is 0.146. The van der Waals surface area contributed by atoms with E-state index in [0.717, 1.165) is 0 Å². The first-order valence-corrected chi connectivity index (χ1v) is 1.01. The first-order valence-electron chi connectivity index (χ1n) is 1.01. The fourth-order valence-electron chi connectivity index (χ4n) is 0.0148. The van der Waals surface area contributed by atoms with E-state index in [1.165, 1.54) is 0 Å². The molecule has 1 atom stereocenters. The number of alkyl halides is 1. The molecule has 0 fully saturated rings. The lowest BCUT2D eigenvalue weighted by molar-refractivity contribution is -0.464. The molecule has 5 heteroatoms. The topological polar surface area (TPSA) is 38.4 Å². The highest BCUT2D eigenvalue weighted by Gasteiger charge is 2.03. The van der Waals surface area contributed by atoms with Crippen LogP contribution < -0.4 is 0 Å². The fraction of sp³-hybridized carbons (Fsp3) is 1.00. The minimum atomic E-state index is -2.79. The summed E-state index contributed by atoms with van der Waals surface area (Å²) < 4.78 is 20.9. The molecule has 0 saturated heterocycles. The maximum atomic E-state index is 10.7. The van der Waals surface area contributed by atoms with Gasteiger partial charge in [0.2, 0.25) is 0 Å². The largest absolute Gasteiger partial charge is 0.371 e. The summed E-state index contributed by atoms with van der Waals surface area (Å²) in [6.07, 6.45) is 0. The molecule has 1 unspecified atom stereocenters. The number of halogens is 2. The monoisotopic (exact) mass is 99.0 g/mol. The van der Waals surface area contributed by atoms with Crippen LogP contribution in [-0.2, 0) is 15.1 Å². The molecule has 0 spiro atoms. The Hall–Kier alpha value is -0.260. The summed E-state index contributed by atoms with van der Waals surface area (Å²) in [6, 6.07) is 0. The number of rotatable bonds is 2. The number of hydrogen-bond donors (Lipinski definition) is 0. The van der Waals surface area contributed by atoms with Crippen LogP contribution in [0.5, 0.6) is 0 Å². The summed E-state index contributed by atoms with van der Waals surface area (Å²) in [4.78, 5) is 4.58. The molecule has 0 aliphatic heterocycles. The highest BCUT2D eigenvalue weighted by Crippen LogP contribution is 1.91. The predicted molar refractivity (Wildman–Crippen MR) is 8.86 cm³/mol. The van der Waals surface area contributed by atoms with Gasteiger partial charge in [0, 0.05) is 0 Å². The second-order valence-electron chi connectivity index (χ2n) is 0.460. The zero-order chi connectivity index (χ0) is 4.99. The molecule has 37 valence electrons. The van der Waals surface area contributed by atoms with E-state index in [9.17, 15) is 8.92 Å². The molecule has 0 bridgehead atoms. The summed E-state index contributed by atoms with van der Waals surface area (Å²) in [5.41, 5.74) is 0. The van der Waals surface area contributed by atoms with Crippen LogP contribution >= 0.6 is 0 Å². The molecule has 0 aromatic rings. The van der Waals surface area contributed by atoms with Crippen molar-refractivity contribution in [3.05, 3.63) is 0 Å². The smallest absolute Gasteiger partial charge is 0.178 e. The Morgan fingerprint density at radius 2 is 2.17 bits per heavy atom. The van der Waals surface area contributed by atoms with Gasteiger partial charge in [-0.3, -0.25) is 0 Å². The van der Waals surface area contributed by atoms with Crippen LogP contribution in [0, 0.1) is 0 Å². The SMILES string of the molecule is [O]OC(F)OF. The standard InChI is InChI=1S/CHF2O3/c2-1(5-3)6-4/h1H. The van der Waals surface area contributed by atoms with Crippen molar-refractivity contribution in [1.29, 1.82) is 0 Å². The highest BCUT2D eigenvalue weighted by molar-refractivity contribution is 3.90. The Balaban J connectivity index is 2.75. The molecule has 0 aliphatic carbocycles. The average molecular weight is 99.0 g/mol. The average Bonchev–Trinajstić information content (AvgIpc) is 1.65. The Bertz CT molecular complexity index is 28.0. The van der Waals surface area contributed by atoms with Gasteiger partial charge < -0.3 is 0 Å². The zero-order valence-electron chi connectivity index (χ0n) is 2.56. The molecular formula is CHF2O3. The van der Waals surface area contributed by atoms with Crippen LogP contribution in [0.2, 0.25) is 0 Å². The first kappa shape index (κ1) is 5.74. The molecular weight excluding hydrogens is 98.0 g/mol. The molecule has 0 aromatic carbocycles. The Labute approximate surface area is 31.9 Å². The van der Waals surface area contributed by atoms with Gasteiger partial charge in [-0.15, -0.1) is 9.83 Å². The molecule has 0 saturated carbocycles. The summed E-state index contributed by atoms with van der Waals surface area (Å²) >= 11 is 0. The van der Waals surface area contributed by atoms with Crippen molar-refractivity contribution >= 4 is 0 Å². The van der Waals surface area contributed by atoms with E-state index >= 15 is 0 Å². The van der Waals surface area contributed by atoms with Gasteiger partial charge in [-0.1, -0.05) is 0 Å². The minimum Gasteiger partial charge on any atom is -0.178 e. The van der Waals surface area contributed by atoms with Gasteiger partial charge in [0.25, 0.3) is 0 Å². The Morgan fingerprint density at radius 1 is 1.67 bits per heavy atom.